The van der Waals surface area contributed by atoms with Crippen molar-refractivity contribution in [2.75, 3.05) is 7.05 Å². The van der Waals surface area contributed by atoms with E-state index in [1.54, 1.807) is 4.57 Å². The molecule has 2 aliphatic heterocycles. The van der Waals surface area contributed by atoms with E-state index in [1.807, 2.05) is 32.0 Å². The molecule has 1 atom stereocenters. The van der Waals surface area contributed by atoms with Gasteiger partial charge in [-0.15, -0.1) is 0 Å². The van der Waals surface area contributed by atoms with Crippen molar-refractivity contribution in [3.8, 4) is 0 Å². The van der Waals surface area contributed by atoms with Crippen molar-refractivity contribution < 1.29 is 14.4 Å². The Balaban J connectivity index is 2.14. The Morgan fingerprint density at radius 1 is 1.14 bits per heavy atom. The highest BCUT2D eigenvalue weighted by Crippen LogP contribution is 2.41. The number of nitrogens with zero attached hydrogens (tertiary/aromatic N) is 2. The fourth-order valence-corrected chi connectivity index (χ4v) is 3.65. The molecule has 22 heavy (non-hydrogen) atoms. The monoisotopic (exact) mass is 297 g/mol. The van der Waals surface area contributed by atoms with E-state index < -0.39 is 5.54 Å². The molecule has 2 aliphatic rings. The lowest BCUT2D eigenvalue weighted by atomic mass is 9.84. The van der Waals surface area contributed by atoms with Gasteiger partial charge in [0.1, 0.15) is 0 Å². The second kappa shape index (κ2) is 3.76. The number of likely N-dealkylation sites (N-methyl/N-ethyl adjacent to an activating group) is 1. The predicted octanol–water partition coefficient (Wildman–Crippen LogP) is 1.41. The first kappa shape index (κ1) is 13.1. The summed E-state index contributed by atoms with van der Waals surface area (Å²) in [6, 6.07) is 5.44. The molecule has 1 saturated heterocycles. The van der Waals surface area contributed by atoms with Gasteiger partial charge in [-0.05, 0) is 26.0 Å². The molecule has 1 spiro atoms. The summed E-state index contributed by atoms with van der Waals surface area (Å²) in [6.07, 6.45) is -0.0309. The first-order chi connectivity index (χ1) is 10.3. The number of fused-ring (bicyclic) bond motifs is 1. The zero-order valence-corrected chi connectivity index (χ0v) is 12.6. The number of carbonyl (C=O) groups is 3. The van der Waals surface area contributed by atoms with Crippen LogP contribution in [0.2, 0.25) is 0 Å². The summed E-state index contributed by atoms with van der Waals surface area (Å²) in [5, 5.41) is 3.70. The van der Waals surface area contributed by atoms with E-state index >= 15 is 0 Å². The van der Waals surface area contributed by atoms with Gasteiger partial charge in [-0.2, -0.15) is 0 Å². The van der Waals surface area contributed by atoms with Gasteiger partial charge in [0.15, 0.2) is 5.54 Å². The maximum absolute atomic E-state index is 12.7. The SMILES string of the molecule is Cc1cc2c3c(c1)cc(C)n3C(=O)NC21CC(=O)N(C)C1=O. The molecule has 1 aromatic heterocycles. The quantitative estimate of drug-likeness (QED) is 0.747. The molecular weight excluding hydrogens is 282 g/mol. The van der Waals surface area contributed by atoms with Crippen molar-refractivity contribution in [3.63, 3.8) is 0 Å². The number of benzene rings is 1. The van der Waals surface area contributed by atoms with Crippen molar-refractivity contribution in [2.45, 2.75) is 25.8 Å². The van der Waals surface area contributed by atoms with E-state index in [-0.39, 0.29) is 24.3 Å². The summed E-state index contributed by atoms with van der Waals surface area (Å²) in [7, 11) is 1.46. The van der Waals surface area contributed by atoms with Crippen LogP contribution in [-0.2, 0) is 15.1 Å². The minimum absolute atomic E-state index is 0.0309. The summed E-state index contributed by atoms with van der Waals surface area (Å²) in [4.78, 5) is 38.3. The number of amides is 3. The molecule has 1 unspecified atom stereocenters. The molecule has 3 heterocycles. The number of aromatic nitrogens is 1. The number of rotatable bonds is 0. The van der Waals surface area contributed by atoms with Crippen LogP contribution in [0.5, 0.6) is 0 Å². The van der Waals surface area contributed by atoms with E-state index in [1.165, 1.54) is 7.05 Å². The standard InChI is InChI=1S/C16H15N3O3/c1-8-4-10-6-9(2)19-13(10)11(5-8)16(17-15(19)22)7-12(20)18(3)14(16)21/h4-6H,7H2,1-3H3,(H,17,22). The molecule has 6 heteroatoms. The second-order valence-corrected chi connectivity index (χ2v) is 6.14. The Kier molecular flexibility index (Phi) is 2.24. The van der Waals surface area contributed by atoms with Gasteiger partial charge in [0.2, 0.25) is 5.91 Å². The zero-order valence-electron chi connectivity index (χ0n) is 12.6. The lowest BCUT2D eigenvalue weighted by molar-refractivity contribution is -0.138. The Morgan fingerprint density at radius 3 is 2.50 bits per heavy atom. The third kappa shape index (κ3) is 1.32. The van der Waals surface area contributed by atoms with Gasteiger partial charge in [0.25, 0.3) is 5.91 Å². The van der Waals surface area contributed by atoms with Crippen LogP contribution in [-0.4, -0.2) is 34.4 Å². The van der Waals surface area contributed by atoms with Gasteiger partial charge >= 0.3 is 6.03 Å². The van der Waals surface area contributed by atoms with E-state index in [0.29, 0.717) is 5.56 Å². The lowest BCUT2D eigenvalue weighted by Gasteiger charge is -2.33. The molecule has 1 aromatic carbocycles. The summed E-state index contributed by atoms with van der Waals surface area (Å²) < 4.78 is 1.57. The highest BCUT2D eigenvalue weighted by atomic mass is 16.2. The van der Waals surface area contributed by atoms with Gasteiger partial charge in [0.05, 0.1) is 11.9 Å². The van der Waals surface area contributed by atoms with Crippen LogP contribution in [0, 0.1) is 13.8 Å². The van der Waals surface area contributed by atoms with Gasteiger partial charge in [-0.1, -0.05) is 11.6 Å². The molecule has 3 amide bonds. The largest absolute Gasteiger partial charge is 0.327 e. The molecular formula is C16H15N3O3. The maximum atomic E-state index is 12.7. The van der Waals surface area contributed by atoms with Crippen LogP contribution in [0.25, 0.3) is 10.9 Å². The lowest BCUT2D eigenvalue weighted by Crippen LogP contribution is -2.55. The van der Waals surface area contributed by atoms with Crippen LogP contribution in [0.4, 0.5) is 4.79 Å². The van der Waals surface area contributed by atoms with Crippen LogP contribution in [0.15, 0.2) is 18.2 Å². The Hall–Kier alpha value is -2.63. The number of aryl methyl sites for hydroxylation is 2. The van der Waals surface area contributed by atoms with Crippen molar-refractivity contribution in [1.82, 2.24) is 14.8 Å². The number of hydrogen-bond donors (Lipinski definition) is 1. The maximum Gasteiger partial charge on any atom is 0.327 e. The van der Waals surface area contributed by atoms with Crippen molar-refractivity contribution in [1.29, 1.82) is 0 Å². The molecule has 0 aliphatic carbocycles. The first-order valence-corrected chi connectivity index (χ1v) is 7.12. The van der Waals surface area contributed by atoms with Gasteiger partial charge in [-0.3, -0.25) is 19.1 Å². The molecule has 112 valence electrons. The number of imide groups is 1. The molecule has 0 bridgehead atoms. The topological polar surface area (TPSA) is 71.4 Å². The van der Waals surface area contributed by atoms with E-state index in [0.717, 1.165) is 27.1 Å². The predicted molar refractivity (Wildman–Crippen MR) is 79.4 cm³/mol. The second-order valence-electron chi connectivity index (χ2n) is 6.14. The average Bonchev–Trinajstić information content (AvgIpc) is 2.87. The summed E-state index contributed by atoms with van der Waals surface area (Å²) in [5.74, 6) is -0.653. The summed E-state index contributed by atoms with van der Waals surface area (Å²) >= 11 is 0. The van der Waals surface area contributed by atoms with E-state index in [2.05, 4.69) is 5.32 Å². The van der Waals surface area contributed by atoms with Gasteiger partial charge < -0.3 is 5.32 Å². The highest BCUT2D eigenvalue weighted by Gasteiger charge is 2.55. The van der Waals surface area contributed by atoms with Crippen LogP contribution in [0.3, 0.4) is 0 Å². The average molecular weight is 297 g/mol. The first-order valence-electron chi connectivity index (χ1n) is 7.12. The van der Waals surface area contributed by atoms with Crippen molar-refractivity contribution in [3.05, 3.63) is 35.0 Å². The molecule has 0 saturated carbocycles. The molecule has 1 fully saturated rings. The molecule has 2 aromatic rings. The molecule has 4 rings (SSSR count). The van der Waals surface area contributed by atoms with Crippen molar-refractivity contribution >= 4 is 28.7 Å². The molecule has 6 nitrogen and oxygen atoms in total. The molecule has 0 radical (unpaired) electrons. The van der Waals surface area contributed by atoms with Gasteiger partial charge in [0, 0.05) is 23.7 Å². The fraction of sp³-hybridized carbons (Fsp3) is 0.312. The van der Waals surface area contributed by atoms with Crippen LogP contribution in [0.1, 0.15) is 23.2 Å². The third-order valence-corrected chi connectivity index (χ3v) is 4.67. The Labute approximate surface area is 126 Å². The number of nitrogens with one attached hydrogen (secondary N) is 1. The van der Waals surface area contributed by atoms with Crippen molar-refractivity contribution in [2.24, 2.45) is 0 Å². The van der Waals surface area contributed by atoms with Crippen LogP contribution >= 0.6 is 0 Å². The number of carbonyl (C=O) groups excluding carboxylic acids is 3. The Bertz CT molecular complexity index is 896. The third-order valence-electron chi connectivity index (χ3n) is 4.67. The smallest absolute Gasteiger partial charge is 0.318 e. The van der Waals surface area contributed by atoms with E-state index in [9.17, 15) is 14.4 Å². The zero-order chi connectivity index (χ0) is 15.8. The normalized spacial score (nSPS) is 23.8. The molecule has 1 N–H and O–H groups in total. The Morgan fingerprint density at radius 2 is 1.86 bits per heavy atom. The fourth-order valence-electron chi connectivity index (χ4n) is 3.65. The summed E-state index contributed by atoms with van der Waals surface area (Å²) in [5.41, 5.74) is 1.96. The minimum atomic E-state index is -1.27. The van der Waals surface area contributed by atoms with Gasteiger partial charge in [-0.25, -0.2) is 4.79 Å². The van der Waals surface area contributed by atoms with E-state index in [4.69, 9.17) is 0 Å². The minimum Gasteiger partial charge on any atom is -0.318 e. The van der Waals surface area contributed by atoms with Crippen LogP contribution < -0.4 is 5.32 Å². The summed E-state index contributed by atoms with van der Waals surface area (Å²) in [6.45, 7) is 3.79. The highest BCUT2D eigenvalue weighted by molar-refractivity contribution is 6.14. The number of hydrogen-bond acceptors (Lipinski definition) is 3. The number of likely N-dealkylation sites (tertiary alicyclic amines) is 1.